The van der Waals surface area contributed by atoms with Gasteiger partial charge in [-0.1, -0.05) is 12.1 Å². The number of alkyl halides is 6. The summed E-state index contributed by atoms with van der Waals surface area (Å²) in [4.78, 5) is 20.9. The Morgan fingerprint density at radius 1 is 0.909 bits per heavy atom. The molecule has 4 aromatic rings. The van der Waals surface area contributed by atoms with Gasteiger partial charge in [-0.2, -0.15) is 26.3 Å². The highest BCUT2D eigenvalue weighted by atomic mass is 32.1. The van der Waals surface area contributed by atoms with E-state index in [4.69, 9.17) is 0 Å². The van der Waals surface area contributed by atoms with E-state index in [-0.39, 0.29) is 11.1 Å². The number of aromatic nitrogens is 2. The molecule has 1 amide bonds. The number of carbonyl (C=O) groups excluding carboxylic acids is 1. The fourth-order valence-corrected chi connectivity index (χ4v) is 3.99. The second-order valence-electron chi connectivity index (χ2n) is 7.00. The molecule has 1 N–H and O–H groups in total. The minimum absolute atomic E-state index is 0.0134. The number of hydrogen-bond acceptors (Lipinski definition) is 4. The fourth-order valence-electron chi connectivity index (χ4n) is 3.27. The van der Waals surface area contributed by atoms with Crippen molar-refractivity contribution in [1.29, 1.82) is 0 Å². The Labute approximate surface area is 186 Å². The van der Waals surface area contributed by atoms with Crippen molar-refractivity contribution in [2.75, 3.05) is 0 Å². The van der Waals surface area contributed by atoms with E-state index in [1.54, 1.807) is 11.6 Å². The van der Waals surface area contributed by atoms with Gasteiger partial charge in [-0.3, -0.25) is 9.78 Å². The largest absolute Gasteiger partial charge is 0.418 e. The molecule has 170 valence electrons. The van der Waals surface area contributed by atoms with Crippen molar-refractivity contribution >= 4 is 27.5 Å². The summed E-state index contributed by atoms with van der Waals surface area (Å²) in [6.45, 7) is 0. The molecule has 4 nitrogen and oxygen atoms in total. The van der Waals surface area contributed by atoms with E-state index in [2.05, 4.69) is 15.3 Å². The number of pyridine rings is 1. The highest BCUT2D eigenvalue weighted by molar-refractivity contribution is 7.16. The monoisotopic (exact) mass is 481 g/mol. The second kappa shape index (κ2) is 8.47. The average Bonchev–Trinajstić information content (AvgIpc) is 3.24. The van der Waals surface area contributed by atoms with Crippen LogP contribution in [0.15, 0.2) is 66.3 Å². The van der Waals surface area contributed by atoms with Crippen molar-refractivity contribution in [3.05, 3.63) is 94.3 Å². The summed E-state index contributed by atoms with van der Waals surface area (Å²) in [5, 5.41) is 2.50. The number of hydrogen-bond donors (Lipinski definition) is 1. The van der Waals surface area contributed by atoms with Gasteiger partial charge in [0.1, 0.15) is 0 Å². The van der Waals surface area contributed by atoms with Crippen LogP contribution in [0.4, 0.5) is 26.3 Å². The van der Waals surface area contributed by atoms with Crippen LogP contribution in [0.5, 0.6) is 0 Å². The van der Waals surface area contributed by atoms with Gasteiger partial charge in [-0.15, -0.1) is 11.3 Å². The highest BCUT2D eigenvalue weighted by Gasteiger charge is 2.37. The number of fused-ring (bicyclic) bond motifs is 1. The predicted octanol–water partition coefficient (Wildman–Crippen LogP) is 6.25. The lowest BCUT2D eigenvalue weighted by Crippen LogP contribution is -2.31. The van der Waals surface area contributed by atoms with Gasteiger partial charge in [0.2, 0.25) is 0 Å². The number of rotatable bonds is 4. The van der Waals surface area contributed by atoms with Crippen molar-refractivity contribution in [3.63, 3.8) is 0 Å². The second-order valence-corrected chi connectivity index (χ2v) is 7.88. The maximum absolute atomic E-state index is 13.6. The first-order chi connectivity index (χ1) is 15.5. The normalized spacial score (nSPS) is 13.2. The number of carbonyl (C=O) groups is 1. The molecular formula is C22H13F6N3OS. The van der Waals surface area contributed by atoms with Gasteiger partial charge >= 0.3 is 12.4 Å². The summed E-state index contributed by atoms with van der Waals surface area (Å²) in [6, 6.07) is 8.57. The molecule has 0 aliphatic rings. The maximum atomic E-state index is 13.6. The van der Waals surface area contributed by atoms with Crippen LogP contribution < -0.4 is 5.32 Å². The Morgan fingerprint density at radius 3 is 2.30 bits per heavy atom. The van der Waals surface area contributed by atoms with Crippen molar-refractivity contribution in [2.24, 2.45) is 0 Å². The first-order valence-corrected chi connectivity index (χ1v) is 10.3. The van der Waals surface area contributed by atoms with Crippen LogP contribution in [0.3, 0.4) is 0 Å². The molecule has 1 atom stereocenters. The molecule has 0 spiro atoms. The van der Waals surface area contributed by atoms with E-state index in [9.17, 15) is 31.1 Å². The summed E-state index contributed by atoms with van der Waals surface area (Å²) in [5.74, 6) is -0.714. The number of nitrogens with one attached hydrogen (secondary N) is 1. The minimum atomic E-state index is -4.79. The number of nitrogens with zero attached hydrogens (tertiary/aromatic N) is 2. The van der Waals surface area contributed by atoms with Crippen molar-refractivity contribution in [3.8, 4) is 0 Å². The third kappa shape index (κ3) is 4.82. The molecule has 0 aliphatic carbocycles. The topological polar surface area (TPSA) is 54.9 Å². The Kier molecular flexibility index (Phi) is 5.83. The summed E-state index contributed by atoms with van der Waals surface area (Å²) < 4.78 is 80.5. The summed E-state index contributed by atoms with van der Waals surface area (Å²) in [7, 11) is 0. The number of thiazole rings is 1. The van der Waals surface area contributed by atoms with E-state index >= 15 is 0 Å². The Morgan fingerprint density at radius 2 is 1.64 bits per heavy atom. The van der Waals surface area contributed by atoms with Crippen LogP contribution >= 0.6 is 11.3 Å². The molecule has 1 unspecified atom stereocenters. The molecule has 2 heterocycles. The lowest BCUT2D eigenvalue weighted by atomic mass is 9.97. The Bertz CT molecular complexity index is 1300. The van der Waals surface area contributed by atoms with Crippen molar-refractivity contribution < 1.29 is 31.1 Å². The van der Waals surface area contributed by atoms with Crippen LogP contribution in [0.25, 0.3) is 10.2 Å². The van der Waals surface area contributed by atoms with E-state index in [0.717, 1.165) is 42.6 Å². The predicted molar refractivity (Wildman–Crippen MR) is 110 cm³/mol. The molecule has 0 saturated carbocycles. The van der Waals surface area contributed by atoms with Gasteiger partial charge < -0.3 is 5.32 Å². The molecule has 0 bridgehead atoms. The van der Waals surface area contributed by atoms with E-state index in [0.29, 0.717) is 10.2 Å². The number of halogens is 6. The zero-order chi connectivity index (χ0) is 23.8. The summed E-state index contributed by atoms with van der Waals surface area (Å²) >= 11 is 1.28. The molecule has 0 radical (unpaired) electrons. The number of benzene rings is 2. The quantitative estimate of drug-likeness (QED) is 0.351. The average molecular weight is 481 g/mol. The molecule has 2 aromatic carbocycles. The molecule has 0 aliphatic heterocycles. The Balaban J connectivity index is 1.77. The summed E-state index contributed by atoms with van der Waals surface area (Å²) in [6.07, 6.45) is -8.29. The molecular weight excluding hydrogens is 468 g/mol. The lowest BCUT2D eigenvalue weighted by Gasteiger charge is -2.23. The standard InChI is InChI=1S/C22H13F6N3OS/c23-21(24,25)14-6-3-12(4-7-14)18(19-15(22(26,27)28)2-1-9-29-19)31-20(32)13-5-8-16-17(10-13)33-11-30-16/h1-11,18H,(H,31,32). The van der Waals surface area contributed by atoms with Crippen molar-refractivity contribution in [2.45, 2.75) is 18.4 Å². The zero-order valence-corrected chi connectivity index (χ0v) is 17.2. The smallest absolute Gasteiger partial charge is 0.340 e. The van der Waals surface area contributed by atoms with E-state index in [1.165, 1.54) is 23.5 Å². The van der Waals surface area contributed by atoms with Crippen LogP contribution in [-0.4, -0.2) is 15.9 Å². The third-order valence-corrected chi connectivity index (χ3v) is 5.65. The van der Waals surface area contributed by atoms with Gasteiger partial charge in [-0.25, -0.2) is 4.98 Å². The SMILES string of the molecule is O=C(NC(c1ccc(C(F)(F)F)cc1)c1ncccc1C(F)(F)F)c1ccc2ncsc2c1. The maximum Gasteiger partial charge on any atom is 0.418 e. The molecule has 2 aromatic heterocycles. The lowest BCUT2D eigenvalue weighted by molar-refractivity contribution is -0.139. The Hall–Kier alpha value is -3.47. The van der Waals surface area contributed by atoms with Gasteiger partial charge in [0, 0.05) is 11.8 Å². The molecule has 11 heteroatoms. The van der Waals surface area contributed by atoms with Gasteiger partial charge in [0.15, 0.2) is 0 Å². The summed E-state index contributed by atoms with van der Waals surface area (Å²) in [5.41, 5.74) is -0.192. The van der Waals surface area contributed by atoms with Crippen LogP contribution in [0.2, 0.25) is 0 Å². The molecule has 0 fully saturated rings. The third-order valence-electron chi connectivity index (χ3n) is 4.86. The van der Waals surface area contributed by atoms with Crippen LogP contribution in [-0.2, 0) is 12.4 Å². The number of amides is 1. The fraction of sp³-hybridized carbons (Fsp3) is 0.136. The van der Waals surface area contributed by atoms with E-state index < -0.39 is 41.1 Å². The highest BCUT2D eigenvalue weighted by Crippen LogP contribution is 2.36. The van der Waals surface area contributed by atoms with Gasteiger partial charge in [0.05, 0.1) is 38.6 Å². The molecule has 33 heavy (non-hydrogen) atoms. The first-order valence-electron chi connectivity index (χ1n) is 9.37. The van der Waals surface area contributed by atoms with Gasteiger partial charge in [0.25, 0.3) is 5.91 Å². The van der Waals surface area contributed by atoms with E-state index in [1.807, 2.05) is 0 Å². The molecule has 0 saturated heterocycles. The first kappa shape index (κ1) is 22.7. The minimum Gasteiger partial charge on any atom is -0.340 e. The van der Waals surface area contributed by atoms with Gasteiger partial charge in [-0.05, 0) is 48.0 Å². The van der Waals surface area contributed by atoms with Crippen LogP contribution in [0.1, 0.15) is 38.8 Å². The van der Waals surface area contributed by atoms with Crippen molar-refractivity contribution in [1.82, 2.24) is 15.3 Å². The van der Waals surface area contributed by atoms with Crippen LogP contribution in [0, 0.1) is 0 Å². The molecule has 4 rings (SSSR count). The zero-order valence-electron chi connectivity index (χ0n) is 16.4.